The molecule has 0 aromatic rings. The van der Waals surface area contributed by atoms with Crippen molar-refractivity contribution in [1.82, 2.24) is 25.9 Å². The molecule has 0 bridgehead atoms. The van der Waals surface area contributed by atoms with E-state index < -0.39 is 0 Å². The van der Waals surface area contributed by atoms with E-state index in [0.29, 0.717) is 23.8 Å². The van der Waals surface area contributed by atoms with Crippen molar-refractivity contribution >= 4 is 11.7 Å². The molecule has 4 fully saturated rings. The standard InChI is InChI=1S/C18H30N6O3/c25-17(12-1-2-12)23-5-7-24(8-6-23)18-21-16(27-22-18)13-3-4-19-15(9-13)20-14-10-26-11-14/h12-14,16,18,21-22H,1-11H2,(H,19,20). The van der Waals surface area contributed by atoms with Gasteiger partial charge in [0.05, 0.1) is 25.1 Å². The quantitative estimate of drug-likeness (QED) is 0.582. The fraction of sp³-hybridized carbons (Fsp3) is 0.889. The van der Waals surface area contributed by atoms with Crippen molar-refractivity contribution in [3.05, 3.63) is 0 Å². The number of nitrogens with one attached hydrogen (secondary N) is 3. The van der Waals surface area contributed by atoms with Crippen molar-refractivity contribution < 1.29 is 14.4 Å². The highest BCUT2D eigenvalue weighted by molar-refractivity contribution is 5.83. The normalized spacial score (nSPS) is 35.6. The number of hydrogen-bond donors (Lipinski definition) is 3. The van der Waals surface area contributed by atoms with Crippen LogP contribution < -0.4 is 16.1 Å². The summed E-state index contributed by atoms with van der Waals surface area (Å²) in [6.07, 6.45) is 4.11. The van der Waals surface area contributed by atoms with Crippen molar-refractivity contribution in [1.29, 1.82) is 0 Å². The Morgan fingerprint density at radius 2 is 1.96 bits per heavy atom. The molecule has 0 spiro atoms. The van der Waals surface area contributed by atoms with Gasteiger partial charge in [-0.25, -0.2) is 0 Å². The lowest BCUT2D eigenvalue weighted by Gasteiger charge is -2.37. The van der Waals surface area contributed by atoms with Crippen LogP contribution in [0.4, 0.5) is 0 Å². The second kappa shape index (κ2) is 7.63. The number of hydroxylamine groups is 1. The lowest BCUT2D eigenvalue weighted by molar-refractivity contribution is -0.135. The zero-order valence-corrected chi connectivity index (χ0v) is 15.7. The van der Waals surface area contributed by atoms with Crippen molar-refractivity contribution in [2.24, 2.45) is 16.8 Å². The minimum Gasteiger partial charge on any atom is -0.377 e. The molecule has 4 aliphatic heterocycles. The second-order valence-corrected chi connectivity index (χ2v) is 8.32. The SMILES string of the molecule is O=C(C1CC1)N1CCN(C2NOC(C3CCN=C(NC4COC4)C3)N2)CC1. The van der Waals surface area contributed by atoms with Crippen molar-refractivity contribution in [3.63, 3.8) is 0 Å². The summed E-state index contributed by atoms with van der Waals surface area (Å²) in [4.78, 5) is 27.1. The number of carbonyl (C=O) groups is 1. The van der Waals surface area contributed by atoms with E-state index in [9.17, 15) is 4.79 Å². The van der Waals surface area contributed by atoms with E-state index in [1.54, 1.807) is 0 Å². The molecule has 4 heterocycles. The van der Waals surface area contributed by atoms with E-state index in [1.807, 2.05) is 4.90 Å². The highest BCUT2D eigenvalue weighted by Crippen LogP contribution is 2.31. The number of carbonyl (C=O) groups excluding carboxylic acids is 1. The van der Waals surface area contributed by atoms with Crippen LogP contribution in [0.25, 0.3) is 0 Å². The molecule has 0 aromatic heterocycles. The van der Waals surface area contributed by atoms with Crippen LogP contribution in [-0.2, 0) is 14.4 Å². The number of ether oxygens (including phenoxy) is 1. The van der Waals surface area contributed by atoms with Gasteiger partial charge < -0.3 is 15.0 Å². The molecule has 5 aliphatic rings. The molecule has 9 heteroatoms. The predicted molar refractivity (Wildman–Crippen MR) is 98.6 cm³/mol. The van der Waals surface area contributed by atoms with Crippen LogP contribution in [0, 0.1) is 11.8 Å². The molecule has 1 amide bonds. The number of rotatable bonds is 4. The summed E-state index contributed by atoms with van der Waals surface area (Å²) in [6, 6.07) is 0.417. The van der Waals surface area contributed by atoms with Gasteiger partial charge >= 0.3 is 0 Å². The third-order valence-corrected chi connectivity index (χ3v) is 6.24. The molecule has 3 N–H and O–H groups in total. The van der Waals surface area contributed by atoms with Crippen LogP contribution in [-0.4, -0.2) is 86.0 Å². The van der Waals surface area contributed by atoms with Crippen LogP contribution in [0.3, 0.4) is 0 Å². The maximum atomic E-state index is 12.2. The van der Waals surface area contributed by atoms with Crippen LogP contribution in [0.5, 0.6) is 0 Å². The van der Waals surface area contributed by atoms with Crippen LogP contribution in [0.1, 0.15) is 25.7 Å². The zero-order chi connectivity index (χ0) is 18.2. The van der Waals surface area contributed by atoms with E-state index in [2.05, 4.69) is 26.0 Å². The summed E-state index contributed by atoms with van der Waals surface area (Å²) in [6.45, 7) is 5.77. The van der Waals surface area contributed by atoms with E-state index in [4.69, 9.17) is 9.57 Å². The highest BCUT2D eigenvalue weighted by Gasteiger charge is 2.39. The second-order valence-electron chi connectivity index (χ2n) is 8.32. The first-order valence-corrected chi connectivity index (χ1v) is 10.3. The van der Waals surface area contributed by atoms with Gasteiger partial charge in [0.1, 0.15) is 12.5 Å². The molecule has 1 aliphatic carbocycles. The maximum Gasteiger partial charge on any atom is 0.225 e. The largest absolute Gasteiger partial charge is 0.377 e. The molecule has 3 saturated heterocycles. The van der Waals surface area contributed by atoms with Crippen molar-refractivity contribution in [2.45, 2.75) is 44.2 Å². The minimum atomic E-state index is -0.00827. The zero-order valence-electron chi connectivity index (χ0n) is 15.7. The fourth-order valence-electron chi connectivity index (χ4n) is 4.26. The number of hydrogen-bond acceptors (Lipinski definition) is 8. The summed E-state index contributed by atoms with van der Waals surface area (Å²) in [5.41, 5.74) is 3.16. The molecule has 3 unspecified atom stereocenters. The van der Waals surface area contributed by atoms with Gasteiger partial charge in [-0.05, 0) is 19.3 Å². The smallest absolute Gasteiger partial charge is 0.225 e. The van der Waals surface area contributed by atoms with E-state index in [-0.39, 0.29) is 12.5 Å². The Kier molecular flexibility index (Phi) is 5.04. The first-order chi connectivity index (χ1) is 13.3. The van der Waals surface area contributed by atoms with E-state index >= 15 is 0 Å². The monoisotopic (exact) mass is 378 g/mol. The van der Waals surface area contributed by atoms with Gasteiger partial charge in [-0.3, -0.25) is 24.8 Å². The molecular weight excluding hydrogens is 348 g/mol. The third kappa shape index (κ3) is 3.97. The number of piperazine rings is 1. The average molecular weight is 378 g/mol. The summed E-state index contributed by atoms with van der Waals surface area (Å²) >= 11 is 0. The first kappa shape index (κ1) is 17.8. The number of amides is 1. The van der Waals surface area contributed by atoms with E-state index in [1.165, 1.54) is 0 Å². The van der Waals surface area contributed by atoms with Crippen LogP contribution >= 0.6 is 0 Å². The summed E-state index contributed by atoms with van der Waals surface area (Å²) in [5.74, 6) is 2.16. The van der Waals surface area contributed by atoms with E-state index in [0.717, 1.165) is 77.5 Å². The molecular formula is C18H30N6O3. The third-order valence-electron chi connectivity index (χ3n) is 6.24. The topological polar surface area (TPSA) is 90.5 Å². The number of nitrogens with zero attached hydrogens (tertiary/aromatic N) is 3. The van der Waals surface area contributed by atoms with Crippen molar-refractivity contribution in [2.75, 3.05) is 45.9 Å². The number of amidine groups is 1. The predicted octanol–water partition coefficient (Wildman–Crippen LogP) is -0.928. The molecule has 9 nitrogen and oxygen atoms in total. The molecule has 1 saturated carbocycles. The van der Waals surface area contributed by atoms with Crippen LogP contribution in [0.15, 0.2) is 4.99 Å². The Labute approximate surface area is 159 Å². The fourth-order valence-corrected chi connectivity index (χ4v) is 4.26. The lowest BCUT2D eigenvalue weighted by atomic mass is 9.96. The minimum absolute atomic E-state index is 0.00827. The summed E-state index contributed by atoms with van der Waals surface area (Å²) < 4.78 is 5.23. The molecule has 0 radical (unpaired) electrons. The van der Waals surface area contributed by atoms with Gasteiger partial charge in [-0.15, -0.1) is 0 Å². The molecule has 5 rings (SSSR count). The molecule has 150 valence electrons. The van der Waals surface area contributed by atoms with Gasteiger partial charge in [0.15, 0.2) is 0 Å². The number of aliphatic imine (C=N–C) groups is 1. The van der Waals surface area contributed by atoms with Gasteiger partial charge in [0.2, 0.25) is 5.91 Å². The Balaban J connectivity index is 1.08. The lowest BCUT2D eigenvalue weighted by Crippen LogP contribution is -2.58. The summed E-state index contributed by atoms with van der Waals surface area (Å²) in [7, 11) is 0. The van der Waals surface area contributed by atoms with Gasteiger partial charge in [-0.2, -0.15) is 5.48 Å². The Morgan fingerprint density at radius 3 is 2.67 bits per heavy atom. The van der Waals surface area contributed by atoms with Gasteiger partial charge in [0.25, 0.3) is 0 Å². The van der Waals surface area contributed by atoms with Gasteiger partial charge in [0, 0.05) is 51.0 Å². The Bertz CT molecular complexity index is 586. The molecule has 3 atom stereocenters. The van der Waals surface area contributed by atoms with Crippen LogP contribution in [0.2, 0.25) is 0 Å². The Hall–Kier alpha value is -1.26. The van der Waals surface area contributed by atoms with Gasteiger partial charge in [-0.1, -0.05) is 0 Å². The Morgan fingerprint density at radius 1 is 1.15 bits per heavy atom. The van der Waals surface area contributed by atoms with Crippen molar-refractivity contribution in [3.8, 4) is 0 Å². The first-order valence-electron chi connectivity index (χ1n) is 10.3. The average Bonchev–Trinajstić information content (AvgIpc) is 3.41. The molecule has 27 heavy (non-hydrogen) atoms. The highest BCUT2D eigenvalue weighted by atomic mass is 16.7. The molecule has 0 aromatic carbocycles. The maximum absolute atomic E-state index is 12.2. The summed E-state index contributed by atoms with van der Waals surface area (Å²) in [5, 5.41) is 7.08.